The van der Waals surface area contributed by atoms with E-state index < -0.39 is 0 Å². The molecule has 2 fully saturated rings. The van der Waals surface area contributed by atoms with Crippen molar-refractivity contribution in [2.75, 3.05) is 13.1 Å². The van der Waals surface area contributed by atoms with Crippen LogP contribution >= 0.6 is 0 Å². The molecule has 0 spiro atoms. The number of nitrogens with zero attached hydrogens (tertiary/aromatic N) is 1. The van der Waals surface area contributed by atoms with Gasteiger partial charge in [0.15, 0.2) is 0 Å². The first kappa shape index (κ1) is 14.3. The van der Waals surface area contributed by atoms with Gasteiger partial charge in [-0.25, -0.2) is 0 Å². The Kier molecular flexibility index (Phi) is 5.50. The van der Waals surface area contributed by atoms with Crippen LogP contribution in [0.25, 0.3) is 0 Å². The molecule has 1 aliphatic carbocycles. The topological polar surface area (TPSA) is 15.3 Å². The van der Waals surface area contributed by atoms with Crippen molar-refractivity contribution in [3.63, 3.8) is 0 Å². The second kappa shape index (κ2) is 6.91. The fourth-order valence-corrected chi connectivity index (χ4v) is 3.95. The van der Waals surface area contributed by atoms with Crippen LogP contribution in [0.5, 0.6) is 0 Å². The third-order valence-corrected chi connectivity index (χ3v) is 5.19. The monoisotopic (exact) mass is 252 g/mol. The van der Waals surface area contributed by atoms with E-state index in [2.05, 4.69) is 31.0 Å². The normalized spacial score (nSPS) is 33.5. The number of rotatable bonds is 4. The maximum atomic E-state index is 3.72. The largest absolute Gasteiger partial charge is 0.311 e. The molecule has 2 heteroatoms. The van der Waals surface area contributed by atoms with Crippen molar-refractivity contribution in [2.45, 2.75) is 83.8 Å². The first-order chi connectivity index (χ1) is 8.72. The maximum Gasteiger partial charge on any atom is 0.0196 e. The van der Waals surface area contributed by atoms with Crippen molar-refractivity contribution < 1.29 is 0 Å². The predicted octanol–water partition coefficient (Wildman–Crippen LogP) is 3.42. The Bertz CT molecular complexity index is 235. The van der Waals surface area contributed by atoms with Gasteiger partial charge in [-0.1, -0.05) is 32.6 Å². The molecule has 0 amide bonds. The number of nitrogens with one attached hydrogen (secondary N) is 1. The van der Waals surface area contributed by atoms with Crippen LogP contribution in [0.15, 0.2) is 0 Å². The van der Waals surface area contributed by atoms with E-state index >= 15 is 0 Å². The molecule has 1 heterocycles. The van der Waals surface area contributed by atoms with Crippen molar-refractivity contribution >= 4 is 0 Å². The van der Waals surface area contributed by atoms with Crippen LogP contribution in [0, 0.1) is 5.92 Å². The van der Waals surface area contributed by atoms with Crippen LogP contribution in [0.4, 0.5) is 0 Å². The fraction of sp³-hybridized carbons (Fsp3) is 1.00. The second-order valence-electron chi connectivity index (χ2n) is 6.58. The van der Waals surface area contributed by atoms with Crippen molar-refractivity contribution in [3.05, 3.63) is 0 Å². The summed E-state index contributed by atoms with van der Waals surface area (Å²) in [6.07, 6.45) is 9.98. The average molecular weight is 252 g/mol. The number of hydrogen-bond donors (Lipinski definition) is 1. The molecule has 1 saturated heterocycles. The highest BCUT2D eigenvalue weighted by Gasteiger charge is 2.32. The van der Waals surface area contributed by atoms with Gasteiger partial charge >= 0.3 is 0 Å². The lowest BCUT2D eigenvalue weighted by Gasteiger charge is -2.45. The zero-order chi connectivity index (χ0) is 13.0. The minimum atomic E-state index is 0.718. The standard InChI is InChI=1S/C16H32N2/c1-4-8-16-12-18(13(2)11-17-16)14(3)15-9-6-5-7-10-15/h13-17H,4-12H2,1-3H3. The van der Waals surface area contributed by atoms with Crippen LogP contribution in [0.2, 0.25) is 0 Å². The molecular formula is C16H32N2. The molecule has 2 rings (SSSR count). The van der Waals surface area contributed by atoms with Gasteiger partial charge in [0.25, 0.3) is 0 Å². The lowest BCUT2D eigenvalue weighted by atomic mass is 9.83. The summed E-state index contributed by atoms with van der Waals surface area (Å²) < 4.78 is 0. The van der Waals surface area contributed by atoms with E-state index in [9.17, 15) is 0 Å². The molecule has 1 saturated carbocycles. The molecule has 0 aromatic carbocycles. The number of piperazine rings is 1. The SMILES string of the molecule is CCCC1CN(C(C)C2CCCCC2)C(C)CN1. The quantitative estimate of drug-likeness (QED) is 0.825. The van der Waals surface area contributed by atoms with E-state index in [-0.39, 0.29) is 0 Å². The van der Waals surface area contributed by atoms with E-state index in [1.54, 1.807) is 0 Å². The molecule has 2 nitrogen and oxygen atoms in total. The van der Waals surface area contributed by atoms with Gasteiger partial charge in [-0.05, 0) is 39.0 Å². The summed E-state index contributed by atoms with van der Waals surface area (Å²) in [7, 11) is 0. The van der Waals surface area contributed by atoms with Gasteiger partial charge in [-0.2, -0.15) is 0 Å². The predicted molar refractivity (Wildman–Crippen MR) is 78.9 cm³/mol. The number of hydrogen-bond acceptors (Lipinski definition) is 2. The summed E-state index contributed by atoms with van der Waals surface area (Å²) in [5.41, 5.74) is 0. The van der Waals surface area contributed by atoms with Crippen LogP contribution < -0.4 is 5.32 Å². The van der Waals surface area contributed by atoms with E-state index in [0.29, 0.717) is 0 Å². The van der Waals surface area contributed by atoms with E-state index in [1.165, 1.54) is 58.0 Å². The Labute approximate surface area is 114 Å². The molecule has 0 bridgehead atoms. The summed E-state index contributed by atoms with van der Waals surface area (Å²) in [6.45, 7) is 9.64. The molecular weight excluding hydrogens is 220 g/mol. The summed E-state index contributed by atoms with van der Waals surface area (Å²) >= 11 is 0. The summed E-state index contributed by atoms with van der Waals surface area (Å²) in [5.74, 6) is 0.960. The van der Waals surface area contributed by atoms with Crippen LogP contribution in [-0.4, -0.2) is 36.1 Å². The van der Waals surface area contributed by atoms with E-state index in [4.69, 9.17) is 0 Å². The Morgan fingerprint density at radius 3 is 2.61 bits per heavy atom. The van der Waals surface area contributed by atoms with Crippen molar-refractivity contribution in [1.29, 1.82) is 0 Å². The molecule has 0 aromatic heterocycles. The van der Waals surface area contributed by atoms with Crippen LogP contribution in [0.1, 0.15) is 65.7 Å². The Hall–Kier alpha value is -0.0800. The van der Waals surface area contributed by atoms with Gasteiger partial charge in [0.05, 0.1) is 0 Å². The third kappa shape index (κ3) is 3.48. The lowest BCUT2D eigenvalue weighted by molar-refractivity contribution is 0.0546. The smallest absolute Gasteiger partial charge is 0.0196 e. The Morgan fingerprint density at radius 2 is 1.94 bits per heavy atom. The van der Waals surface area contributed by atoms with E-state index in [0.717, 1.165) is 24.0 Å². The molecule has 3 unspecified atom stereocenters. The fourth-order valence-electron chi connectivity index (χ4n) is 3.95. The molecule has 0 aromatic rings. The first-order valence-electron chi connectivity index (χ1n) is 8.21. The van der Waals surface area contributed by atoms with Gasteiger partial charge in [-0.15, -0.1) is 0 Å². The van der Waals surface area contributed by atoms with Crippen molar-refractivity contribution in [1.82, 2.24) is 10.2 Å². The van der Waals surface area contributed by atoms with Gasteiger partial charge in [-0.3, -0.25) is 4.90 Å². The molecule has 2 aliphatic rings. The Balaban J connectivity index is 1.91. The molecule has 1 N–H and O–H groups in total. The lowest BCUT2D eigenvalue weighted by Crippen LogP contribution is -2.59. The third-order valence-electron chi connectivity index (χ3n) is 5.19. The molecule has 18 heavy (non-hydrogen) atoms. The van der Waals surface area contributed by atoms with Gasteiger partial charge in [0.1, 0.15) is 0 Å². The maximum absolute atomic E-state index is 3.72. The zero-order valence-electron chi connectivity index (χ0n) is 12.6. The highest BCUT2D eigenvalue weighted by Crippen LogP contribution is 2.30. The van der Waals surface area contributed by atoms with Crippen molar-refractivity contribution in [3.8, 4) is 0 Å². The van der Waals surface area contributed by atoms with Gasteiger partial charge in [0.2, 0.25) is 0 Å². The summed E-state index contributed by atoms with van der Waals surface area (Å²) in [4.78, 5) is 2.80. The van der Waals surface area contributed by atoms with Gasteiger partial charge < -0.3 is 5.32 Å². The van der Waals surface area contributed by atoms with Gasteiger partial charge in [0, 0.05) is 31.2 Å². The molecule has 0 radical (unpaired) electrons. The minimum Gasteiger partial charge on any atom is -0.311 e. The highest BCUT2D eigenvalue weighted by atomic mass is 15.2. The summed E-state index contributed by atoms with van der Waals surface area (Å²) in [5, 5.41) is 3.72. The van der Waals surface area contributed by atoms with E-state index in [1.807, 2.05) is 0 Å². The minimum absolute atomic E-state index is 0.718. The van der Waals surface area contributed by atoms with Crippen LogP contribution in [0.3, 0.4) is 0 Å². The second-order valence-corrected chi connectivity index (χ2v) is 6.58. The van der Waals surface area contributed by atoms with Crippen molar-refractivity contribution in [2.24, 2.45) is 5.92 Å². The Morgan fingerprint density at radius 1 is 1.22 bits per heavy atom. The zero-order valence-corrected chi connectivity index (χ0v) is 12.6. The average Bonchev–Trinajstić information content (AvgIpc) is 2.41. The molecule has 1 aliphatic heterocycles. The first-order valence-corrected chi connectivity index (χ1v) is 8.21. The highest BCUT2D eigenvalue weighted by molar-refractivity contribution is 4.89. The molecule has 106 valence electrons. The summed E-state index contributed by atoms with van der Waals surface area (Å²) in [6, 6.07) is 2.24. The van der Waals surface area contributed by atoms with Crippen LogP contribution in [-0.2, 0) is 0 Å². The molecule has 3 atom stereocenters.